The van der Waals surface area contributed by atoms with Gasteiger partial charge >= 0.3 is 6.03 Å². The van der Waals surface area contributed by atoms with Crippen LogP contribution in [-0.2, 0) is 4.79 Å². The number of anilines is 1. The van der Waals surface area contributed by atoms with Crippen LogP contribution in [0.2, 0.25) is 0 Å². The summed E-state index contributed by atoms with van der Waals surface area (Å²) in [6.45, 7) is 5.08. The Bertz CT molecular complexity index is 621. The molecule has 2 aliphatic rings. The lowest BCUT2D eigenvalue weighted by atomic mass is 10.1. The van der Waals surface area contributed by atoms with Gasteiger partial charge in [0.25, 0.3) is 5.91 Å². The number of nitrogens with zero attached hydrogens (tertiary/aromatic N) is 3. The lowest BCUT2D eigenvalue weighted by Gasteiger charge is -2.34. The Morgan fingerprint density at radius 1 is 0.957 bits per heavy atom. The third kappa shape index (κ3) is 3.13. The van der Waals surface area contributed by atoms with Crippen LogP contribution in [0.25, 0.3) is 0 Å². The number of hydrogen-bond acceptors (Lipinski definition) is 3. The monoisotopic (exact) mass is 316 g/mol. The van der Waals surface area contributed by atoms with Gasteiger partial charge in [-0.05, 0) is 24.3 Å². The highest BCUT2D eigenvalue weighted by molar-refractivity contribution is 5.97. The molecule has 0 unspecified atom stereocenters. The van der Waals surface area contributed by atoms with Gasteiger partial charge in [0.15, 0.2) is 0 Å². The molecule has 0 atom stereocenters. The number of hydrogen-bond donors (Lipinski definition) is 1. The fourth-order valence-electron chi connectivity index (χ4n) is 2.91. The number of piperazine rings is 1. The lowest BCUT2D eigenvalue weighted by molar-refractivity contribution is -0.130. The van der Waals surface area contributed by atoms with E-state index in [0.717, 1.165) is 5.69 Å². The van der Waals surface area contributed by atoms with E-state index in [-0.39, 0.29) is 17.8 Å². The molecule has 7 nitrogen and oxygen atoms in total. The smallest absolute Gasteiger partial charge is 0.321 e. The second-order valence-electron chi connectivity index (χ2n) is 5.73. The first-order chi connectivity index (χ1) is 11.1. The van der Waals surface area contributed by atoms with Crippen molar-refractivity contribution in [3.63, 3.8) is 0 Å². The maximum absolute atomic E-state index is 12.5. The van der Waals surface area contributed by atoms with E-state index in [0.29, 0.717) is 44.8 Å². The second kappa shape index (κ2) is 6.28. The number of amides is 4. The Morgan fingerprint density at radius 2 is 1.57 bits per heavy atom. The molecule has 0 bridgehead atoms. The summed E-state index contributed by atoms with van der Waals surface area (Å²) in [6, 6.07) is 6.99. The summed E-state index contributed by atoms with van der Waals surface area (Å²) in [7, 11) is 0. The molecule has 1 N–H and O–H groups in total. The third-order valence-corrected chi connectivity index (χ3v) is 4.29. The van der Waals surface area contributed by atoms with E-state index in [1.807, 2.05) is 0 Å². The van der Waals surface area contributed by atoms with Crippen molar-refractivity contribution in [1.29, 1.82) is 0 Å². The van der Waals surface area contributed by atoms with Gasteiger partial charge in [-0.15, -0.1) is 0 Å². The second-order valence-corrected chi connectivity index (χ2v) is 5.73. The van der Waals surface area contributed by atoms with Crippen LogP contribution in [0.5, 0.6) is 0 Å². The highest BCUT2D eigenvalue weighted by Crippen LogP contribution is 2.18. The summed E-state index contributed by atoms with van der Waals surface area (Å²) in [5.74, 6) is 0.0102. The molecule has 0 radical (unpaired) electrons. The summed E-state index contributed by atoms with van der Waals surface area (Å²) in [6.07, 6.45) is 0. The van der Waals surface area contributed by atoms with Gasteiger partial charge in [0, 0.05) is 57.4 Å². The van der Waals surface area contributed by atoms with Crippen LogP contribution in [-0.4, -0.2) is 66.9 Å². The average molecular weight is 316 g/mol. The number of urea groups is 1. The molecule has 2 saturated heterocycles. The fourth-order valence-corrected chi connectivity index (χ4v) is 2.91. The minimum atomic E-state index is -0.107. The van der Waals surface area contributed by atoms with Gasteiger partial charge in [-0.25, -0.2) is 4.79 Å². The predicted octanol–water partition coefficient (Wildman–Crippen LogP) is 0.521. The molecule has 7 heteroatoms. The molecule has 0 spiro atoms. The molecule has 0 aromatic heterocycles. The molecule has 1 aromatic carbocycles. The van der Waals surface area contributed by atoms with Crippen molar-refractivity contribution in [1.82, 2.24) is 15.1 Å². The first kappa shape index (κ1) is 15.3. The van der Waals surface area contributed by atoms with E-state index < -0.39 is 0 Å². The topological polar surface area (TPSA) is 73.0 Å². The predicted molar refractivity (Wildman–Crippen MR) is 85.3 cm³/mol. The normalized spacial score (nSPS) is 18.1. The molecule has 2 fully saturated rings. The van der Waals surface area contributed by atoms with Crippen LogP contribution in [0.3, 0.4) is 0 Å². The van der Waals surface area contributed by atoms with E-state index in [4.69, 9.17) is 0 Å². The van der Waals surface area contributed by atoms with Crippen molar-refractivity contribution < 1.29 is 14.4 Å². The Morgan fingerprint density at radius 3 is 2.09 bits per heavy atom. The quantitative estimate of drug-likeness (QED) is 0.864. The van der Waals surface area contributed by atoms with Gasteiger partial charge in [0.1, 0.15) is 0 Å². The summed E-state index contributed by atoms with van der Waals surface area (Å²) in [4.78, 5) is 40.6. The van der Waals surface area contributed by atoms with Crippen molar-refractivity contribution in [3.05, 3.63) is 29.8 Å². The average Bonchev–Trinajstić information content (AvgIpc) is 3.00. The number of rotatable bonds is 2. The van der Waals surface area contributed by atoms with Crippen molar-refractivity contribution in [3.8, 4) is 0 Å². The molecule has 2 aliphatic heterocycles. The van der Waals surface area contributed by atoms with Crippen molar-refractivity contribution in [2.24, 2.45) is 0 Å². The fraction of sp³-hybridized carbons (Fsp3) is 0.438. The van der Waals surface area contributed by atoms with Gasteiger partial charge in [-0.1, -0.05) is 0 Å². The van der Waals surface area contributed by atoms with Crippen LogP contribution in [0, 0.1) is 0 Å². The number of benzene rings is 1. The zero-order valence-corrected chi connectivity index (χ0v) is 13.1. The van der Waals surface area contributed by atoms with Crippen LogP contribution in [0.1, 0.15) is 17.3 Å². The van der Waals surface area contributed by atoms with E-state index in [1.54, 1.807) is 45.9 Å². The van der Waals surface area contributed by atoms with Crippen molar-refractivity contribution in [2.75, 3.05) is 44.2 Å². The first-order valence-electron chi connectivity index (χ1n) is 7.76. The molecule has 3 rings (SSSR count). The molecule has 2 heterocycles. The minimum absolute atomic E-state index is 0.0365. The van der Waals surface area contributed by atoms with Gasteiger partial charge in [-0.3, -0.25) is 14.5 Å². The third-order valence-electron chi connectivity index (χ3n) is 4.29. The SMILES string of the molecule is CC(=O)N1CCN(C(=O)c2ccc(N3CCNC3=O)cc2)CC1. The Balaban J connectivity index is 1.64. The maximum atomic E-state index is 12.5. The summed E-state index contributed by atoms with van der Waals surface area (Å²) < 4.78 is 0. The molecule has 122 valence electrons. The Hall–Kier alpha value is -2.57. The van der Waals surface area contributed by atoms with Gasteiger partial charge in [0.05, 0.1) is 0 Å². The molecule has 0 saturated carbocycles. The van der Waals surface area contributed by atoms with Gasteiger partial charge in [0.2, 0.25) is 5.91 Å². The molecule has 4 amide bonds. The van der Waals surface area contributed by atoms with Crippen LogP contribution >= 0.6 is 0 Å². The number of nitrogens with one attached hydrogen (secondary N) is 1. The first-order valence-corrected chi connectivity index (χ1v) is 7.76. The zero-order chi connectivity index (χ0) is 16.4. The lowest BCUT2D eigenvalue weighted by Crippen LogP contribution is -2.50. The summed E-state index contributed by atoms with van der Waals surface area (Å²) in [5, 5.41) is 2.75. The molecular formula is C16H20N4O3. The molecule has 1 aromatic rings. The van der Waals surface area contributed by atoms with Crippen LogP contribution < -0.4 is 10.2 Å². The number of carbonyl (C=O) groups is 3. The Kier molecular flexibility index (Phi) is 4.18. The van der Waals surface area contributed by atoms with Crippen molar-refractivity contribution in [2.45, 2.75) is 6.92 Å². The van der Waals surface area contributed by atoms with E-state index >= 15 is 0 Å². The summed E-state index contributed by atoms with van der Waals surface area (Å²) in [5.41, 5.74) is 1.39. The zero-order valence-electron chi connectivity index (χ0n) is 13.1. The molecule has 0 aliphatic carbocycles. The highest BCUT2D eigenvalue weighted by Gasteiger charge is 2.24. The minimum Gasteiger partial charge on any atom is -0.339 e. The Labute approximate surface area is 134 Å². The maximum Gasteiger partial charge on any atom is 0.321 e. The molecular weight excluding hydrogens is 296 g/mol. The van der Waals surface area contributed by atoms with Crippen molar-refractivity contribution >= 4 is 23.5 Å². The van der Waals surface area contributed by atoms with Gasteiger partial charge < -0.3 is 15.1 Å². The van der Waals surface area contributed by atoms with Gasteiger partial charge in [-0.2, -0.15) is 0 Å². The number of carbonyl (C=O) groups excluding carboxylic acids is 3. The summed E-state index contributed by atoms with van der Waals surface area (Å²) >= 11 is 0. The van der Waals surface area contributed by atoms with Crippen LogP contribution in [0.15, 0.2) is 24.3 Å². The largest absolute Gasteiger partial charge is 0.339 e. The van der Waals surface area contributed by atoms with E-state index in [1.165, 1.54) is 0 Å². The van der Waals surface area contributed by atoms with E-state index in [9.17, 15) is 14.4 Å². The van der Waals surface area contributed by atoms with Crippen LogP contribution in [0.4, 0.5) is 10.5 Å². The standard InChI is InChI=1S/C16H20N4O3/c1-12(21)18-8-10-19(11-9-18)15(22)13-2-4-14(5-3-13)20-7-6-17-16(20)23/h2-5H,6-11H2,1H3,(H,17,23). The van der Waals surface area contributed by atoms with E-state index in [2.05, 4.69) is 5.32 Å². The molecule has 23 heavy (non-hydrogen) atoms. The highest BCUT2D eigenvalue weighted by atomic mass is 16.2.